The van der Waals surface area contributed by atoms with Crippen LogP contribution in [0.2, 0.25) is 0 Å². The summed E-state index contributed by atoms with van der Waals surface area (Å²) in [6.45, 7) is 4.47. The van der Waals surface area contributed by atoms with E-state index in [-0.39, 0.29) is 5.41 Å². The van der Waals surface area contributed by atoms with Gasteiger partial charge in [0.2, 0.25) is 0 Å². The van der Waals surface area contributed by atoms with Crippen molar-refractivity contribution >= 4 is 21.7 Å². The third-order valence-corrected chi connectivity index (χ3v) is 4.41. The summed E-state index contributed by atoms with van der Waals surface area (Å²) in [5.41, 5.74) is 9.82. The van der Waals surface area contributed by atoms with Crippen molar-refractivity contribution in [3.8, 4) is 5.69 Å². The molecule has 0 unspecified atom stereocenters. The number of anilines is 1. The molecule has 0 bridgehead atoms. The van der Waals surface area contributed by atoms with Gasteiger partial charge in [-0.05, 0) is 46.3 Å². The van der Waals surface area contributed by atoms with Crippen molar-refractivity contribution < 1.29 is 0 Å². The minimum Gasteiger partial charge on any atom is -0.383 e. The second kappa shape index (κ2) is 3.85. The van der Waals surface area contributed by atoms with E-state index < -0.39 is 0 Å². The molecule has 3 rings (SSSR count). The highest BCUT2D eigenvalue weighted by molar-refractivity contribution is 9.10. The number of fused-ring (bicyclic) bond motifs is 1. The van der Waals surface area contributed by atoms with Crippen LogP contribution in [-0.2, 0) is 11.8 Å². The third-order valence-electron chi connectivity index (χ3n) is 3.74. The highest BCUT2D eigenvalue weighted by atomic mass is 79.9. The van der Waals surface area contributed by atoms with Crippen LogP contribution < -0.4 is 5.73 Å². The van der Waals surface area contributed by atoms with Gasteiger partial charge in [-0.2, -0.15) is 5.10 Å². The molecule has 2 aromatic rings. The van der Waals surface area contributed by atoms with Gasteiger partial charge >= 0.3 is 0 Å². The Hall–Kier alpha value is -1.29. The molecule has 2 N–H and O–H groups in total. The quantitative estimate of drug-likeness (QED) is 0.877. The van der Waals surface area contributed by atoms with Crippen molar-refractivity contribution in [2.45, 2.75) is 32.1 Å². The van der Waals surface area contributed by atoms with Gasteiger partial charge in [0.25, 0.3) is 0 Å². The Labute approximate surface area is 115 Å². The fourth-order valence-corrected chi connectivity index (χ4v) is 3.21. The lowest BCUT2D eigenvalue weighted by Gasteiger charge is -2.18. The largest absolute Gasteiger partial charge is 0.383 e. The van der Waals surface area contributed by atoms with Crippen molar-refractivity contribution in [3.63, 3.8) is 0 Å². The molecule has 0 saturated heterocycles. The van der Waals surface area contributed by atoms with E-state index in [0.717, 1.165) is 34.5 Å². The Balaban J connectivity index is 2.20. The molecule has 0 fully saturated rings. The number of aromatic nitrogens is 2. The zero-order chi connectivity index (χ0) is 12.9. The molecule has 94 valence electrons. The van der Waals surface area contributed by atoms with E-state index in [4.69, 9.17) is 5.73 Å². The maximum atomic E-state index is 6.31. The van der Waals surface area contributed by atoms with Crippen LogP contribution >= 0.6 is 15.9 Å². The first kappa shape index (κ1) is 11.8. The molecule has 18 heavy (non-hydrogen) atoms. The van der Waals surface area contributed by atoms with E-state index in [9.17, 15) is 0 Å². The minimum atomic E-state index is 0.138. The van der Waals surface area contributed by atoms with Crippen LogP contribution in [0.4, 0.5) is 5.82 Å². The zero-order valence-electron chi connectivity index (χ0n) is 10.6. The molecule has 1 aromatic heterocycles. The van der Waals surface area contributed by atoms with Gasteiger partial charge in [0.05, 0.1) is 11.4 Å². The van der Waals surface area contributed by atoms with E-state index in [1.165, 1.54) is 5.56 Å². The molecule has 1 aliphatic rings. The van der Waals surface area contributed by atoms with Gasteiger partial charge in [0, 0.05) is 10.0 Å². The van der Waals surface area contributed by atoms with Crippen molar-refractivity contribution in [3.05, 3.63) is 40.0 Å². The van der Waals surface area contributed by atoms with Crippen LogP contribution in [0.15, 0.2) is 28.7 Å². The molecule has 1 aromatic carbocycles. The summed E-state index contributed by atoms with van der Waals surface area (Å²) in [7, 11) is 0. The van der Waals surface area contributed by atoms with Crippen molar-refractivity contribution in [1.82, 2.24) is 9.78 Å². The van der Waals surface area contributed by atoms with Gasteiger partial charge in [-0.25, -0.2) is 4.68 Å². The summed E-state index contributed by atoms with van der Waals surface area (Å²) in [6, 6.07) is 8.02. The first-order valence-electron chi connectivity index (χ1n) is 6.13. The minimum absolute atomic E-state index is 0.138. The average Bonchev–Trinajstić information content (AvgIpc) is 2.80. The topological polar surface area (TPSA) is 43.8 Å². The number of rotatable bonds is 1. The fourth-order valence-electron chi connectivity index (χ4n) is 2.75. The molecule has 0 aliphatic heterocycles. The van der Waals surface area contributed by atoms with E-state index in [1.54, 1.807) is 0 Å². The lowest BCUT2D eigenvalue weighted by atomic mass is 9.87. The lowest BCUT2D eigenvalue weighted by molar-refractivity contribution is 0.519. The first-order valence-corrected chi connectivity index (χ1v) is 6.93. The predicted molar refractivity (Wildman–Crippen MR) is 77.0 cm³/mol. The molecule has 0 atom stereocenters. The number of nitrogen functional groups attached to an aromatic ring is 1. The van der Waals surface area contributed by atoms with Gasteiger partial charge in [-0.15, -0.1) is 0 Å². The molecule has 0 amide bonds. The molecule has 0 radical (unpaired) electrons. The number of nitrogens with two attached hydrogens (primary N) is 1. The van der Waals surface area contributed by atoms with Crippen molar-refractivity contribution in [1.29, 1.82) is 0 Å². The van der Waals surface area contributed by atoms with Gasteiger partial charge in [-0.3, -0.25) is 0 Å². The van der Waals surface area contributed by atoms with Crippen LogP contribution in [0.3, 0.4) is 0 Å². The highest BCUT2D eigenvalue weighted by Crippen LogP contribution is 2.42. The summed E-state index contributed by atoms with van der Waals surface area (Å²) in [4.78, 5) is 0. The third kappa shape index (κ3) is 1.59. The number of aryl methyl sites for hydroxylation is 1. The van der Waals surface area contributed by atoms with Crippen LogP contribution in [0.25, 0.3) is 5.69 Å². The fraction of sp³-hybridized carbons (Fsp3) is 0.357. The molecular formula is C14H16BrN3. The Morgan fingerprint density at radius 2 is 2.06 bits per heavy atom. The second-order valence-corrected chi connectivity index (χ2v) is 6.31. The van der Waals surface area contributed by atoms with Crippen LogP contribution in [-0.4, -0.2) is 9.78 Å². The summed E-state index contributed by atoms with van der Waals surface area (Å²) >= 11 is 3.55. The van der Waals surface area contributed by atoms with Crippen molar-refractivity contribution in [2.24, 2.45) is 0 Å². The van der Waals surface area contributed by atoms with Crippen LogP contribution in [0, 0.1) is 0 Å². The number of halogens is 1. The average molecular weight is 306 g/mol. The lowest BCUT2D eigenvalue weighted by Crippen LogP contribution is -2.15. The Kier molecular flexibility index (Phi) is 2.52. The summed E-state index contributed by atoms with van der Waals surface area (Å²) in [6.07, 6.45) is 2.15. The standard InChI is InChI=1S/C14H16BrN3/c1-14(2)8-7-10-12(14)13(16)18(17-10)11-6-4-3-5-9(11)15/h3-6H,7-8,16H2,1-2H3. The Morgan fingerprint density at radius 1 is 1.33 bits per heavy atom. The molecule has 1 heterocycles. The maximum Gasteiger partial charge on any atom is 0.131 e. The number of nitrogens with zero attached hydrogens (tertiary/aromatic N) is 2. The Bertz CT molecular complexity index is 613. The molecule has 3 nitrogen and oxygen atoms in total. The van der Waals surface area contributed by atoms with Crippen molar-refractivity contribution in [2.75, 3.05) is 5.73 Å². The van der Waals surface area contributed by atoms with E-state index in [2.05, 4.69) is 34.9 Å². The van der Waals surface area contributed by atoms with E-state index in [0.29, 0.717) is 0 Å². The highest BCUT2D eigenvalue weighted by Gasteiger charge is 2.36. The smallest absolute Gasteiger partial charge is 0.131 e. The van der Waals surface area contributed by atoms with E-state index >= 15 is 0 Å². The summed E-state index contributed by atoms with van der Waals surface area (Å²) in [5.74, 6) is 0.777. The summed E-state index contributed by atoms with van der Waals surface area (Å²) in [5, 5.41) is 4.68. The molecule has 1 aliphatic carbocycles. The summed E-state index contributed by atoms with van der Waals surface area (Å²) < 4.78 is 2.87. The monoisotopic (exact) mass is 305 g/mol. The number of para-hydroxylation sites is 1. The van der Waals surface area contributed by atoms with Gasteiger partial charge < -0.3 is 5.73 Å². The number of hydrogen-bond donors (Lipinski definition) is 1. The number of benzene rings is 1. The first-order chi connectivity index (χ1) is 8.50. The van der Waals surface area contributed by atoms with E-state index in [1.807, 2.05) is 28.9 Å². The SMILES string of the molecule is CC1(C)CCc2nn(-c3ccccc3Br)c(N)c21. The predicted octanol–water partition coefficient (Wildman–Crippen LogP) is 3.44. The van der Waals surface area contributed by atoms with Crippen LogP contribution in [0.5, 0.6) is 0 Å². The van der Waals surface area contributed by atoms with Crippen LogP contribution in [0.1, 0.15) is 31.5 Å². The maximum absolute atomic E-state index is 6.31. The Morgan fingerprint density at radius 3 is 2.72 bits per heavy atom. The zero-order valence-corrected chi connectivity index (χ0v) is 12.2. The normalized spacial score (nSPS) is 16.8. The molecule has 0 spiro atoms. The molecule has 4 heteroatoms. The molecular weight excluding hydrogens is 290 g/mol. The van der Waals surface area contributed by atoms with Gasteiger partial charge in [0.15, 0.2) is 0 Å². The second-order valence-electron chi connectivity index (χ2n) is 5.45. The van der Waals surface area contributed by atoms with Gasteiger partial charge in [-0.1, -0.05) is 26.0 Å². The number of hydrogen-bond acceptors (Lipinski definition) is 2. The molecule has 0 saturated carbocycles. The van der Waals surface area contributed by atoms with Gasteiger partial charge in [0.1, 0.15) is 5.82 Å².